The van der Waals surface area contributed by atoms with Crippen LogP contribution in [0, 0.1) is 5.92 Å². The van der Waals surface area contributed by atoms with E-state index in [0.29, 0.717) is 0 Å². The Bertz CT molecular complexity index is 392. The maximum absolute atomic E-state index is 12.2. The summed E-state index contributed by atoms with van der Waals surface area (Å²) in [5.74, 6) is 0.901. The van der Waals surface area contributed by atoms with Crippen LogP contribution in [0.15, 0.2) is 35.9 Å². The second-order valence-corrected chi connectivity index (χ2v) is 4.11. The van der Waals surface area contributed by atoms with Crippen molar-refractivity contribution in [1.29, 1.82) is 0 Å². The average molecular weight is 203 g/mol. The first kappa shape index (κ1) is 8.77. The van der Waals surface area contributed by atoms with E-state index in [2.05, 4.69) is 0 Å². The SMILES string of the molecule is O=C1C2CC=CC=C2OC=C2CCCN12. The molecular formula is C12H13NO2. The van der Waals surface area contributed by atoms with Gasteiger partial charge in [-0.1, -0.05) is 12.2 Å². The summed E-state index contributed by atoms with van der Waals surface area (Å²) in [6.07, 6.45) is 10.4. The van der Waals surface area contributed by atoms with E-state index in [4.69, 9.17) is 4.74 Å². The number of amides is 1. The van der Waals surface area contributed by atoms with Crippen molar-refractivity contribution >= 4 is 5.91 Å². The fourth-order valence-electron chi connectivity index (χ4n) is 2.35. The Morgan fingerprint density at radius 3 is 3.33 bits per heavy atom. The maximum atomic E-state index is 12.2. The quantitative estimate of drug-likeness (QED) is 0.602. The van der Waals surface area contributed by atoms with E-state index in [0.717, 1.165) is 37.3 Å². The van der Waals surface area contributed by atoms with Crippen LogP contribution in [0.3, 0.4) is 0 Å². The van der Waals surface area contributed by atoms with Crippen molar-refractivity contribution in [2.75, 3.05) is 6.54 Å². The van der Waals surface area contributed by atoms with Crippen molar-refractivity contribution in [3.05, 3.63) is 35.9 Å². The van der Waals surface area contributed by atoms with Crippen molar-refractivity contribution < 1.29 is 9.53 Å². The number of hydrogen-bond acceptors (Lipinski definition) is 2. The topological polar surface area (TPSA) is 29.5 Å². The number of hydrogen-bond donors (Lipinski definition) is 0. The predicted molar refractivity (Wildman–Crippen MR) is 55.4 cm³/mol. The van der Waals surface area contributed by atoms with Crippen molar-refractivity contribution in [2.45, 2.75) is 19.3 Å². The molecular weight excluding hydrogens is 190 g/mol. The number of fused-ring (bicyclic) bond motifs is 2. The lowest BCUT2D eigenvalue weighted by Crippen LogP contribution is -2.32. The largest absolute Gasteiger partial charge is 0.467 e. The van der Waals surface area contributed by atoms with Crippen LogP contribution in [0.1, 0.15) is 19.3 Å². The fourth-order valence-corrected chi connectivity index (χ4v) is 2.35. The minimum absolute atomic E-state index is 0.0955. The third-order valence-electron chi connectivity index (χ3n) is 3.17. The summed E-state index contributed by atoms with van der Waals surface area (Å²) < 4.78 is 5.58. The minimum Gasteiger partial charge on any atom is -0.467 e. The third kappa shape index (κ3) is 1.30. The van der Waals surface area contributed by atoms with Crippen LogP contribution in [0.4, 0.5) is 0 Å². The van der Waals surface area contributed by atoms with Crippen LogP contribution < -0.4 is 0 Å². The van der Waals surface area contributed by atoms with Crippen LogP contribution in [0.25, 0.3) is 0 Å². The Morgan fingerprint density at radius 1 is 1.47 bits per heavy atom. The van der Waals surface area contributed by atoms with E-state index in [1.807, 2.05) is 23.1 Å². The minimum atomic E-state index is -0.0955. The first-order valence-corrected chi connectivity index (χ1v) is 5.40. The van der Waals surface area contributed by atoms with Gasteiger partial charge in [0.15, 0.2) is 0 Å². The first-order valence-electron chi connectivity index (χ1n) is 5.40. The van der Waals surface area contributed by atoms with Gasteiger partial charge in [-0.2, -0.15) is 0 Å². The van der Waals surface area contributed by atoms with Crippen molar-refractivity contribution in [3.8, 4) is 0 Å². The number of nitrogens with zero attached hydrogens (tertiary/aromatic N) is 1. The van der Waals surface area contributed by atoms with Gasteiger partial charge >= 0.3 is 0 Å². The predicted octanol–water partition coefficient (Wildman–Crippen LogP) is 1.94. The van der Waals surface area contributed by atoms with E-state index >= 15 is 0 Å². The molecule has 0 saturated carbocycles. The zero-order chi connectivity index (χ0) is 10.3. The molecule has 1 amide bonds. The molecule has 0 aromatic rings. The molecule has 0 spiro atoms. The zero-order valence-electron chi connectivity index (χ0n) is 8.48. The molecule has 0 aromatic carbocycles. The highest BCUT2D eigenvalue weighted by Gasteiger charge is 2.35. The number of ether oxygens (including phenoxy) is 1. The maximum Gasteiger partial charge on any atom is 0.237 e. The standard InChI is InChI=1S/C12H13NO2/c14-12-10-5-1-2-6-11(10)15-8-9-4-3-7-13(9)12/h1-2,6,8,10H,3-5,7H2. The molecule has 1 unspecified atom stereocenters. The number of allylic oxidation sites excluding steroid dienone is 4. The second kappa shape index (κ2) is 3.26. The average Bonchev–Trinajstić information content (AvgIpc) is 2.69. The molecule has 2 heterocycles. The molecule has 3 aliphatic rings. The van der Waals surface area contributed by atoms with Crippen molar-refractivity contribution in [1.82, 2.24) is 4.90 Å². The molecule has 1 fully saturated rings. The number of carbonyl (C=O) groups excluding carboxylic acids is 1. The van der Waals surface area contributed by atoms with E-state index in [9.17, 15) is 4.79 Å². The molecule has 78 valence electrons. The van der Waals surface area contributed by atoms with E-state index in [1.165, 1.54) is 0 Å². The van der Waals surface area contributed by atoms with Crippen molar-refractivity contribution in [2.24, 2.45) is 5.92 Å². The second-order valence-electron chi connectivity index (χ2n) is 4.11. The van der Waals surface area contributed by atoms with Gasteiger partial charge in [0.2, 0.25) is 5.91 Å². The van der Waals surface area contributed by atoms with Crippen LogP contribution in [-0.2, 0) is 9.53 Å². The molecule has 0 radical (unpaired) electrons. The molecule has 1 saturated heterocycles. The lowest BCUT2D eigenvalue weighted by molar-refractivity contribution is -0.131. The molecule has 0 aromatic heterocycles. The third-order valence-corrected chi connectivity index (χ3v) is 3.17. The van der Waals surface area contributed by atoms with E-state index in [1.54, 1.807) is 6.26 Å². The van der Waals surface area contributed by atoms with Crippen LogP contribution in [0.5, 0.6) is 0 Å². The lowest BCUT2D eigenvalue weighted by Gasteiger charge is -2.21. The molecule has 15 heavy (non-hydrogen) atoms. The number of rotatable bonds is 0. The molecule has 0 bridgehead atoms. The van der Waals surface area contributed by atoms with Crippen LogP contribution in [0.2, 0.25) is 0 Å². The summed E-state index contributed by atoms with van der Waals surface area (Å²) in [5.41, 5.74) is 1.04. The molecule has 3 nitrogen and oxygen atoms in total. The molecule has 1 aliphatic carbocycles. The summed E-state index contributed by atoms with van der Waals surface area (Å²) in [7, 11) is 0. The summed E-state index contributed by atoms with van der Waals surface area (Å²) >= 11 is 0. The fraction of sp³-hybridized carbons (Fsp3) is 0.417. The monoisotopic (exact) mass is 203 g/mol. The van der Waals surface area contributed by atoms with Crippen LogP contribution in [-0.4, -0.2) is 17.4 Å². The van der Waals surface area contributed by atoms with Gasteiger partial charge in [-0.15, -0.1) is 0 Å². The summed E-state index contributed by atoms with van der Waals surface area (Å²) in [6.45, 7) is 0.849. The Kier molecular flexibility index (Phi) is 1.91. The Hall–Kier alpha value is -1.51. The van der Waals surface area contributed by atoms with Gasteiger partial charge in [-0.05, 0) is 25.3 Å². The molecule has 0 N–H and O–H groups in total. The highest BCUT2D eigenvalue weighted by atomic mass is 16.5. The zero-order valence-corrected chi connectivity index (χ0v) is 8.48. The number of carbonyl (C=O) groups is 1. The van der Waals surface area contributed by atoms with Gasteiger partial charge < -0.3 is 9.64 Å². The van der Waals surface area contributed by atoms with Gasteiger partial charge in [-0.25, -0.2) is 0 Å². The summed E-state index contributed by atoms with van der Waals surface area (Å²) in [4.78, 5) is 14.1. The Morgan fingerprint density at radius 2 is 2.40 bits per heavy atom. The summed E-state index contributed by atoms with van der Waals surface area (Å²) in [6, 6.07) is 0. The summed E-state index contributed by atoms with van der Waals surface area (Å²) in [5, 5.41) is 0. The van der Waals surface area contributed by atoms with E-state index < -0.39 is 0 Å². The molecule has 3 heteroatoms. The Labute approximate surface area is 88.7 Å². The van der Waals surface area contributed by atoms with Crippen LogP contribution >= 0.6 is 0 Å². The Balaban J connectivity index is 1.99. The van der Waals surface area contributed by atoms with Gasteiger partial charge in [0.05, 0.1) is 11.6 Å². The molecule has 2 aliphatic heterocycles. The van der Waals surface area contributed by atoms with E-state index in [-0.39, 0.29) is 11.8 Å². The van der Waals surface area contributed by atoms with Crippen molar-refractivity contribution in [3.63, 3.8) is 0 Å². The normalized spacial score (nSPS) is 28.7. The highest BCUT2D eigenvalue weighted by Crippen LogP contribution is 2.33. The first-order chi connectivity index (χ1) is 7.36. The smallest absolute Gasteiger partial charge is 0.237 e. The highest BCUT2D eigenvalue weighted by molar-refractivity contribution is 5.84. The molecule has 3 rings (SSSR count). The van der Waals surface area contributed by atoms with Gasteiger partial charge in [0, 0.05) is 6.54 Å². The molecule has 1 atom stereocenters. The van der Waals surface area contributed by atoms with Gasteiger partial charge in [-0.3, -0.25) is 4.79 Å². The van der Waals surface area contributed by atoms with Gasteiger partial charge in [0.25, 0.3) is 0 Å². The lowest BCUT2D eigenvalue weighted by atomic mass is 9.97. The van der Waals surface area contributed by atoms with Gasteiger partial charge in [0.1, 0.15) is 12.0 Å².